The zero-order valence-electron chi connectivity index (χ0n) is 9.57. The van der Waals surface area contributed by atoms with Crippen molar-refractivity contribution in [2.75, 3.05) is 12.3 Å². The normalized spacial score (nSPS) is 13.6. The molecule has 1 aromatic carbocycles. The van der Waals surface area contributed by atoms with E-state index in [1.165, 1.54) is 19.9 Å². The highest BCUT2D eigenvalue weighted by Crippen LogP contribution is 2.20. The van der Waals surface area contributed by atoms with Crippen LogP contribution in [-0.4, -0.2) is 26.2 Å². The summed E-state index contributed by atoms with van der Waals surface area (Å²) in [6.07, 6.45) is 0. The lowest BCUT2D eigenvalue weighted by molar-refractivity contribution is 0.265. The molecule has 0 aliphatic heterocycles. The number of halogens is 1. The number of benzene rings is 1. The molecule has 0 fully saturated rings. The molecule has 1 rings (SSSR count). The number of hydrogen-bond acceptors (Lipinski definition) is 4. The fourth-order valence-electron chi connectivity index (χ4n) is 1.29. The van der Waals surface area contributed by atoms with Gasteiger partial charge < -0.3 is 10.8 Å². The van der Waals surface area contributed by atoms with Crippen LogP contribution in [0.5, 0.6) is 0 Å². The van der Waals surface area contributed by atoms with Gasteiger partial charge in [-0.3, -0.25) is 0 Å². The number of nitrogens with one attached hydrogen (secondary N) is 1. The van der Waals surface area contributed by atoms with Crippen molar-refractivity contribution < 1.29 is 17.9 Å². The maximum atomic E-state index is 13.2. The topological polar surface area (TPSA) is 92.4 Å². The maximum absolute atomic E-state index is 13.2. The minimum atomic E-state index is -3.79. The van der Waals surface area contributed by atoms with E-state index in [-0.39, 0.29) is 22.8 Å². The van der Waals surface area contributed by atoms with Crippen molar-refractivity contribution in [3.63, 3.8) is 0 Å². The molecule has 0 aliphatic carbocycles. The average Bonchev–Trinajstić information content (AvgIpc) is 2.24. The fraction of sp³-hybridized carbons (Fsp3) is 0.400. The predicted molar refractivity (Wildman–Crippen MR) is 62.4 cm³/mol. The van der Waals surface area contributed by atoms with Gasteiger partial charge in [0.2, 0.25) is 10.0 Å². The molecular formula is C10H15FN2O3S. The molecule has 0 unspecified atom stereocenters. The molecule has 0 amide bonds. The molecule has 0 heterocycles. The molecular weight excluding hydrogens is 247 g/mol. The third-order valence-corrected chi connectivity index (χ3v) is 3.77. The van der Waals surface area contributed by atoms with E-state index in [0.29, 0.717) is 0 Å². The Morgan fingerprint density at radius 2 is 2.12 bits per heavy atom. The van der Waals surface area contributed by atoms with Crippen LogP contribution in [0.1, 0.15) is 12.5 Å². The van der Waals surface area contributed by atoms with Crippen LogP contribution in [0.4, 0.5) is 10.1 Å². The van der Waals surface area contributed by atoms with Crippen molar-refractivity contribution in [3.05, 3.63) is 23.5 Å². The average molecular weight is 262 g/mol. The summed E-state index contributed by atoms with van der Waals surface area (Å²) in [5.74, 6) is -0.626. The van der Waals surface area contributed by atoms with Gasteiger partial charge in [-0.25, -0.2) is 17.5 Å². The molecule has 96 valence electrons. The van der Waals surface area contributed by atoms with Crippen LogP contribution in [0.2, 0.25) is 0 Å². The van der Waals surface area contributed by atoms with Gasteiger partial charge in [-0.1, -0.05) is 0 Å². The number of nitrogens with two attached hydrogens (primary N) is 1. The van der Waals surface area contributed by atoms with Crippen LogP contribution in [0.15, 0.2) is 17.0 Å². The van der Waals surface area contributed by atoms with Gasteiger partial charge in [0.15, 0.2) is 0 Å². The van der Waals surface area contributed by atoms with E-state index in [0.717, 1.165) is 6.07 Å². The van der Waals surface area contributed by atoms with Crippen molar-refractivity contribution in [2.24, 2.45) is 0 Å². The SMILES string of the molecule is Cc1cc(S(=O)(=O)N[C@H](C)CO)cc(N)c1F. The van der Waals surface area contributed by atoms with Crippen molar-refractivity contribution in [1.29, 1.82) is 0 Å². The second-order valence-electron chi connectivity index (χ2n) is 3.85. The van der Waals surface area contributed by atoms with Crippen molar-refractivity contribution in [2.45, 2.75) is 24.8 Å². The quantitative estimate of drug-likeness (QED) is 0.684. The smallest absolute Gasteiger partial charge is 0.240 e. The molecule has 1 atom stereocenters. The summed E-state index contributed by atoms with van der Waals surface area (Å²) in [5.41, 5.74) is 5.30. The van der Waals surface area contributed by atoms with Gasteiger partial charge in [0.1, 0.15) is 5.82 Å². The van der Waals surface area contributed by atoms with E-state index in [4.69, 9.17) is 10.8 Å². The summed E-state index contributed by atoms with van der Waals surface area (Å²) in [5, 5.41) is 8.79. The van der Waals surface area contributed by atoms with Gasteiger partial charge in [0, 0.05) is 6.04 Å². The predicted octanol–water partition coefficient (Wildman–Crippen LogP) is 0.375. The Morgan fingerprint density at radius 1 is 1.53 bits per heavy atom. The molecule has 0 aliphatic rings. The van der Waals surface area contributed by atoms with Crippen LogP contribution >= 0.6 is 0 Å². The molecule has 0 aromatic heterocycles. The zero-order valence-corrected chi connectivity index (χ0v) is 10.4. The van der Waals surface area contributed by atoms with Crippen molar-refractivity contribution in [3.8, 4) is 0 Å². The van der Waals surface area contributed by atoms with Crippen LogP contribution in [-0.2, 0) is 10.0 Å². The second kappa shape index (κ2) is 4.99. The number of sulfonamides is 1. The standard InChI is InChI=1S/C10H15FN2O3S/c1-6-3-8(4-9(12)10(6)11)17(15,16)13-7(2)5-14/h3-4,7,13-14H,5,12H2,1-2H3/t7-/m1/s1. The fourth-order valence-corrected chi connectivity index (χ4v) is 2.64. The molecule has 0 saturated carbocycles. The first-order valence-electron chi connectivity index (χ1n) is 4.96. The van der Waals surface area contributed by atoms with Gasteiger partial charge in [0.05, 0.1) is 17.2 Å². The monoisotopic (exact) mass is 262 g/mol. The molecule has 7 heteroatoms. The van der Waals surface area contributed by atoms with Gasteiger partial charge in [-0.15, -0.1) is 0 Å². The van der Waals surface area contributed by atoms with Gasteiger partial charge in [0.25, 0.3) is 0 Å². The van der Waals surface area contributed by atoms with Crippen LogP contribution in [0, 0.1) is 12.7 Å². The van der Waals surface area contributed by atoms with E-state index in [9.17, 15) is 12.8 Å². The third-order valence-electron chi connectivity index (χ3n) is 2.20. The summed E-state index contributed by atoms with van der Waals surface area (Å²) in [4.78, 5) is -0.116. The largest absolute Gasteiger partial charge is 0.396 e. The number of aliphatic hydroxyl groups is 1. The first-order valence-corrected chi connectivity index (χ1v) is 6.45. The summed E-state index contributed by atoms with van der Waals surface area (Å²) < 4.78 is 39.1. The van der Waals surface area contributed by atoms with Crippen LogP contribution in [0.25, 0.3) is 0 Å². The minimum Gasteiger partial charge on any atom is -0.396 e. The van der Waals surface area contributed by atoms with Crippen LogP contribution in [0.3, 0.4) is 0 Å². The van der Waals surface area contributed by atoms with Gasteiger partial charge in [-0.05, 0) is 31.5 Å². The van der Waals surface area contributed by atoms with Gasteiger partial charge >= 0.3 is 0 Å². The Morgan fingerprint density at radius 3 is 2.59 bits per heavy atom. The third kappa shape index (κ3) is 3.15. The highest BCUT2D eigenvalue weighted by molar-refractivity contribution is 7.89. The van der Waals surface area contributed by atoms with E-state index < -0.39 is 21.9 Å². The summed E-state index contributed by atoms with van der Waals surface area (Å²) in [6.45, 7) is 2.62. The molecule has 1 aromatic rings. The summed E-state index contributed by atoms with van der Waals surface area (Å²) >= 11 is 0. The Kier molecular flexibility index (Phi) is 4.07. The number of aliphatic hydroxyl groups excluding tert-OH is 1. The molecule has 0 saturated heterocycles. The molecule has 4 N–H and O–H groups in total. The second-order valence-corrected chi connectivity index (χ2v) is 5.56. The molecule has 17 heavy (non-hydrogen) atoms. The Hall–Kier alpha value is -1.18. The zero-order chi connectivity index (χ0) is 13.2. The molecule has 5 nitrogen and oxygen atoms in total. The lowest BCUT2D eigenvalue weighted by Gasteiger charge is -2.12. The van der Waals surface area contributed by atoms with E-state index in [1.807, 2.05) is 0 Å². The van der Waals surface area contributed by atoms with E-state index in [2.05, 4.69) is 4.72 Å². The lowest BCUT2D eigenvalue weighted by Crippen LogP contribution is -2.35. The highest BCUT2D eigenvalue weighted by Gasteiger charge is 2.19. The number of hydrogen-bond donors (Lipinski definition) is 3. The Balaban J connectivity index is 3.16. The summed E-state index contributed by atoms with van der Waals surface area (Å²) in [6, 6.07) is 1.62. The lowest BCUT2D eigenvalue weighted by atomic mass is 10.2. The Bertz CT molecular complexity index is 493. The highest BCUT2D eigenvalue weighted by atomic mass is 32.2. The minimum absolute atomic E-state index is 0.116. The van der Waals surface area contributed by atoms with E-state index >= 15 is 0 Å². The number of anilines is 1. The first-order chi connectivity index (χ1) is 7.77. The Labute approximate surface area is 99.5 Å². The summed E-state index contributed by atoms with van der Waals surface area (Å²) in [7, 11) is -3.79. The van der Waals surface area contributed by atoms with Crippen molar-refractivity contribution in [1.82, 2.24) is 4.72 Å². The molecule has 0 spiro atoms. The number of nitrogen functional groups attached to an aromatic ring is 1. The first kappa shape index (κ1) is 13.9. The molecule has 0 bridgehead atoms. The number of rotatable bonds is 4. The van der Waals surface area contributed by atoms with Gasteiger partial charge in [-0.2, -0.15) is 0 Å². The maximum Gasteiger partial charge on any atom is 0.240 e. The van der Waals surface area contributed by atoms with Crippen LogP contribution < -0.4 is 10.5 Å². The van der Waals surface area contributed by atoms with E-state index in [1.54, 1.807) is 0 Å². The van der Waals surface area contributed by atoms with Crippen molar-refractivity contribution >= 4 is 15.7 Å². The molecule has 0 radical (unpaired) electrons. The number of aryl methyl sites for hydroxylation is 1.